The van der Waals surface area contributed by atoms with Crippen molar-refractivity contribution in [3.05, 3.63) is 118 Å². The van der Waals surface area contributed by atoms with Gasteiger partial charge in [0.1, 0.15) is 5.82 Å². The van der Waals surface area contributed by atoms with Crippen LogP contribution in [0.1, 0.15) is 46.7 Å². The summed E-state index contributed by atoms with van der Waals surface area (Å²) in [5.74, 6) is 6.36. The van der Waals surface area contributed by atoms with E-state index in [9.17, 15) is 4.39 Å². The predicted molar refractivity (Wildman–Crippen MR) is 129 cm³/mol. The summed E-state index contributed by atoms with van der Waals surface area (Å²) in [6.45, 7) is 4.18. The van der Waals surface area contributed by atoms with Crippen LogP contribution in [0.15, 0.2) is 78.9 Å². The zero-order chi connectivity index (χ0) is 21.6. The summed E-state index contributed by atoms with van der Waals surface area (Å²) in [6, 6.07) is 26.8. The average Bonchev–Trinajstić information content (AvgIpc) is 2.80. The molecule has 31 heavy (non-hydrogen) atoms. The van der Waals surface area contributed by atoms with Gasteiger partial charge in [0.2, 0.25) is 0 Å². The summed E-state index contributed by atoms with van der Waals surface area (Å²) in [6.07, 6.45) is 3.77. The average molecular weight is 407 g/mol. The summed E-state index contributed by atoms with van der Waals surface area (Å²) in [5, 5.41) is 1.57. The predicted octanol–water partition coefficient (Wildman–Crippen LogP) is 7.42. The first-order valence-corrected chi connectivity index (χ1v) is 11.0. The van der Waals surface area contributed by atoms with Crippen molar-refractivity contribution in [3.63, 3.8) is 0 Å². The lowest BCUT2D eigenvalue weighted by molar-refractivity contribution is 0.619. The summed E-state index contributed by atoms with van der Waals surface area (Å²) in [7, 11) is 0. The van der Waals surface area contributed by atoms with Crippen LogP contribution in [-0.2, 0) is 19.3 Å². The molecule has 0 spiro atoms. The molecule has 0 aliphatic heterocycles. The van der Waals surface area contributed by atoms with Crippen molar-refractivity contribution < 1.29 is 4.39 Å². The van der Waals surface area contributed by atoms with E-state index in [1.54, 1.807) is 0 Å². The van der Waals surface area contributed by atoms with E-state index in [2.05, 4.69) is 74.2 Å². The first-order chi connectivity index (χ1) is 15.1. The maximum Gasteiger partial charge on any atom is 0.134 e. The van der Waals surface area contributed by atoms with Crippen molar-refractivity contribution in [3.8, 4) is 11.8 Å². The Bertz CT molecular complexity index is 1240. The van der Waals surface area contributed by atoms with Crippen LogP contribution in [0.25, 0.3) is 10.8 Å². The van der Waals surface area contributed by atoms with Crippen LogP contribution in [0, 0.1) is 24.6 Å². The summed E-state index contributed by atoms with van der Waals surface area (Å²) >= 11 is 0. The maximum absolute atomic E-state index is 14.6. The van der Waals surface area contributed by atoms with Crippen molar-refractivity contribution in [1.29, 1.82) is 0 Å². The molecule has 0 unspecified atom stereocenters. The number of hydrogen-bond acceptors (Lipinski definition) is 0. The van der Waals surface area contributed by atoms with E-state index in [1.807, 2.05) is 30.3 Å². The van der Waals surface area contributed by atoms with Crippen molar-refractivity contribution in [2.45, 2.75) is 39.5 Å². The number of rotatable bonds is 5. The Morgan fingerprint density at radius 2 is 1.29 bits per heavy atom. The summed E-state index contributed by atoms with van der Waals surface area (Å²) in [4.78, 5) is 0. The normalized spacial score (nSPS) is 10.7. The van der Waals surface area contributed by atoms with E-state index in [4.69, 9.17) is 0 Å². The van der Waals surface area contributed by atoms with Gasteiger partial charge >= 0.3 is 0 Å². The number of aryl methyl sites for hydroxylation is 4. The van der Waals surface area contributed by atoms with Crippen LogP contribution in [0.4, 0.5) is 4.39 Å². The highest BCUT2D eigenvalue weighted by molar-refractivity contribution is 5.85. The highest BCUT2D eigenvalue weighted by Gasteiger charge is 2.06. The molecular weight excluding hydrogens is 379 g/mol. The molecule has 0 saturated heterocycles. The number of benzene rings is 4. The molecule has 0 saturated carbocycles. The number of fused-ring (bicyclic) bond motifs is 1. The number of hydrogen-bond donors (Lipinski definition) is 0. The van der Waals surface area contributed by atoms with Crippen molar-refractivity contribution >= 4 is 10.8 Å². The lowest BCUT2D eigenvalue weighted by Gasteiger charge is -2.06. The van der Waals surface area contributed by atoms with E-state index in [1.165, 1.54) is 16.7 Å². The van der Waals surface area contributed by atoms with E-state index < -0.39 is 0 Å². The molecule has 0 aromatic heterocycles. The zero-order valence-corrected chi connectivity index (χ0v) is 18.2. The molecule has 4 rings (SSSR count). The van der Waals surface area contributed by atoms with Gasteiger partial charge in [-0.2, -0.15) is 0 Å². The van der Waals surface area contributed by atoms with Crippen LogP contribution >= 0.6 is 0 Å². The molecule has 0 amide bonds. The first kappa shape index (κ1) is 20.9. The molecule has 0 bridgehead atoms. The molecular formula is C30H27F. The van der Waals surface area contributed by atoms with Gasteiger partial charge in [0.15, 0.2) is 0 Å². The van der Waals surface area contributed by atoms with E-state index in [-0.39, 0.29) is 5.82 Å². The second-order valence-electron chi connectivity index (χ2n) is 8.16. The standard InChI is InChI=1S/C30H27F/c1-3-4-27-18-19-28-21-26(17-20-29(28)30(27)31)16-15-25-13-11-24(12-14-25)10-9-23-7-5-22(2)6-8-23/h5-8,11-14,17-21H,3-4,9-10H2,1-2H3. The minimum atomic E-state index is -0.0971. The third-order valence-corrected chi connectivity index (χ3v) is 5.68. The van der Waals surface area contributed by atoms with Crippen LogP contribution in [0.2, 0.25) is 0 Å². The maximum atomic E-state index is 14.6. The Morgan fingerprint density at radius 1 is 0.677 bits per heavy atom. The van der Waals surface area contributed by atoms with Gasteiger partial charge < -0.3 is 0 Å². The zero-order valence-electron chi connectivity index (χ0n) is 18.2. The smallest absolute Gasteiger partial charge is 0.134 e. The highest BCUT2D eigenvalue weighted by atomic mass is 19.1. The molecule has 0 heterocycles. The minimum Gasteiger partial charge on any atom is -0.206 e. The molecule has 1 heteroatoms. The van der Waals surface area contributed by atoms with Gasteiger partial charge in [-0.3, -0.25) is 0 Å². The molecule has 0 nitrogen and oxygen atoms in total. The molecule has 4 aromatic rings. The summed E-state index contributed by atoms with van der Waals surface area (Å²) < 4.78 is 14.6. The van der Waals surface area contributed by atoms with E-state index in [0.29, 0.717) is 5.39 Å². The Morgan fingerprint density at radius 3 is 1.97 bits per heavy atom. The number of halogens is 1. The second kappa shape index (κ2) is 9.63. The minimum absolute atomic E-state index is 0.0971. The van der Waals surface area contributed by atoms with Crippen LogP contribution < -0.4 is 0 Å². The lowest BCUT2D eigenvalue weighted by atomic mass is 10.0. The Balaban J connectivity index is 1.44. The fourth-order valence-electron chi connectivity index (χ4n) is 3.82. The van der Waals surface area contributed by atoms with Crippen molar-refractivity contribution in [1.82, 2.24) is 0 Å². The van der Waals surface area contributed by atoms with Gasteiger partial charge in [0, 0.05) is 16.5 Å². The van der Waals surface area contributed by atoms with Gasteiger partial charge in [-0.05, 0) is 72.5 Å². The van der Waals surface area contributed by atoms with E-state index in [0.717, 1.165) is 47.8 Å². The third kappa shape index (κ3) is 5.22. The molecule has 0 atom stereocenters. The lowest BCUT2D eigenvalue weighted by Crippen LogP contribution is -1.92. The van der Waals surface area contributed by atoms with Crippen LogP contribution in [-0.4, -0.2) is 0 Å². The molecule has 0 aliphatic carbocycles. The monoisotopic (exact) mass is 406 g/mol. The third-order valence-electron chi connectivity index (χ3n) is 5.68. The van der Waals surface area contributed by atoms with E-state index >= 15 is 0 Å². The van der Waals surface area contributed by atoms with Gasteiger partial charge in [-0.25, -0.2) is 4.39 Å². The van der Waals surface area contributed by atoms with Gasteiger partial charge in [-0.1, -0.05) is 85.3 Å². The quantitative estimate of drug-likeness (QED) is 0.302. The fraction of sp³-hybridized carbons (Fsp3) is 0.200. The summed E-state index contributed by atoms with van der Waals surface area (Å²) in [5.41, 5.74) is 6.65. The van der Waals surface area contributed by atoms with Crippen molar-refractivity contribution in [2.24, 2.45) is 0 Å². The molecule has 154 valence electrons. The topological polar surface area (TPSA) is 0 Å². The van der Waals surface area contributed by atoms with Crippen LogP contribution in [0.5, 0.6) is 0 Å². The van der Waals surface area contributed by atoms with Crippen LogP contribution in [0.3, 0.4) is 0 Å². The van der Waals surface area contributed by atoms with Gasteiger partial charge in [0.25, 0.3) is 0 Å². The second-order valence-corrected chi connectivity index (χ2v) is 8.16. The van der Waals surface area contributed by atoms with Crippen molar-refractivity contribution in [2.75, 3.05) is 0 Å². The highest BCUT2D eigenvalue weighted by Crippen LogP contribution is 2.23. The SMILES string of the molecule is CCCc1ccc2cc(C#Cc3ccc(CCc4ccc(C)cc4)cc3)ccc2c1F. The van der Waals surface area contributed by atoms with Gasteiger partial charge in [0.05, 0.1) is 0 Å². The van der Waals surface area contributed by atoms with Gasteiger partial charge in [-0.15, -0.1) is 0 Å². The molecule has 0 radical (unpaired) electrons. The molecule has 4 aromatic carbocycles. The Hall–Kier alpha value is -3.37. The molecule has 0 N–H and O–H groups in total. The largest absolute Gasteiger partial charge is 0.206 e. The first-order valence-electron chi connectivity index (χ1n) is 11.0. The fourth-order valence-corrected chi connectivity index (χ4v) is 3.82. The molecule has 0 aliphatic rings. The Kier molecular flexibility index (Phi) is 6.48. The Labute approximate surface area is 184 Å². The molecule has 0 fully saturated rings.